The highest BCUT2D eigenvalue weighted by Gasteiger charge is 2.10. The highest BCUT2D eigenvalue weighted by Crippen LogP contribution is 2.25. The fourth-order valence-electron chi connectivity index (χ4n) is 1.68. The maximum Gasteiger partial charge on any atom is 0.170 e. The molecule has 18 heavy (non-hydrogen) atoms. The average Bonchev–Trinajstić information content (AvgIpc) is 2.68. The number of aliphatic hydroxyl groups is 1. The summed E-state index contributed by atoms with van der Waals surface area (Å²) in [5.74, 6) is 2.28. The van der Waals surface area contributed by atoms with Crippen LogP contribution in [0.2, 0.25) is 0 Å². The molecule has 0 fully saturated rings. The van der Waals surface area contributed by atoms with Crippen molar-refractivity contribution in [2.24, 2.45) is 7.05 Å². The minimum Gasteiger partial charge on any atom is -0.485 e. The Morgan fingerprint density at radius 1 is 1.33 bits per heavy atom. The quantitative estimate of drug-likeness (QED) is 0.894. The number of hydrogen-bond donors (Lipinski definition) is 1. The van der Waals surface area contributed by atoms with Crippen molar-refractivity contribution < 1.29 is 9.84 Å². The summed E-state index contributed by atoms with van der Waals surface area (Å²) >= 11 is 0. The van der Waals surface area contributed by atoms with E-state index in [0.717, 1.165) is 17.2 Å². The van der Waals surface area contributed by atoms with Crippen molar-refractivity contribution in [3.8, 4) is 5.75 Å². The van der Waals surface area contributed by atoms with Gasteiger partial charge in [-0.2, -0.15) is 0 Å². The molecule has 0 bridgehead atoms. The zero-order valence-electron chi connectivity index (χ0n) is 10.8. The third-order valence-electron chi connectivity index (χ3n) is 2.91. The maximum absolute atomic E-state index is 9.65. The lowest BCUT2D eigenvalue weighted by Gasteiger charge is -2.12. The molecule has 0 aliphatic carbocycles. The predicted molar refractivity (Wildman–Crippen MR) is 67.1 cm³/mol. The summed E-state index contributed by atoms with van der Waals surface area (Å²) in [4.78, 5) is 0. The van der Waals surface area contributed by atoms with Gasteiger partial charge < -0.3 is 14.4 Å². The number of benzene rings is 1. The number of aromatic nitrogens is 3. The minimum atomic E-state index is -0.553. The molecule has 0 unspecified atom stereocenters. The SMILES string of the molecule is Cc1nnc(COc2ccccc2[C@@H](C)O)n1C. The van der Waals surface area contributed by atoms with E-state index in [-0.39, 0.29) is 0 Å². The van der Waals surface area contributed by atoms with Crippen LogP contribution < -0.4 is 4.74 Å². The molecule has 2 aromatic rings. The smallest absolute Gasteiger partial charge is 0.170 e. The molecule has 5 nitrogen and oxygen atoms in total. The first-order valence-electron chi connectivity index (χ1n) is 5.84. The van der Waals surface area contributed by atoms with Crippen LogP contribution in [0.25, 0.3) is 0 Å². The van der Waals surface area contributed by atoms with Crippen LogP contribution in [0.1, 0.15) is 30.2 Å². The molecule has 0 saturated carbocycles. The van der Waals surface area contributed by atoms with Crippen molar-refractivity contribution in [1.82, 2.24) is 14.8 Å². The first kappa shape index (κ1) is 12.6. The highest BCUT2D eigenvalue weighted by molar-refractivity contribution is 5.34. The van der Waals surface area contributed by atoms with Gasteiger partial charge in [-0.1, -0.05) is 18.2 Å². The van der Waals surface area contributed by atoms with E-state index < -0.39 is 6.10 Å². The lowest BCUT2D eigenvalue weighted by atomic mass is 10.1. The van der Waals surface area contributed by atoms with Gasteiger partial charge in [0.2, 0.25) is 0 Å². The molecule has 5 heteroatoms. The summed E-state index contributed by atoms with van der Waals surface area (Å²) in [7, 11) is 1.90. The molecule has 0 spiro atoms. The second-order valence-corrected chi connectivity index (χ2v) is 4.22. The standard InChI is InChI=1S/C13H17N3O2/c1-9(17)11-6-4-5-7-12(11)18-8-13-15-14-10(2)16(13)3/h4-7,9,17H,8H2,1-3H3/t9-/m1/s1. The predicted octanol–water partition coefficient (Wildman–Crippen LogP) is 1.76. The van der Waals surface area contributed by atoms with Gasteiger partial charge in [-0.15, -0.1) is 10.2 Å². The summed E-state index contributed by atoms with van der Waals surface area (Å²) in [5, 5.41) is 17.6. The number of para-hydroxylation sites is 1. The molecule has 1 aromatic heterocycles. The summed E-state index contributed by atoms with van der Waals surface area (Å²) in [6, 6.07) is 7.44. The molecule has 0 aliphatic rings. The largest absolute Gasteiger partial charge is 0.485 e. The summed E-state index contributed by atoms with van der Waals surface area (Å²) in [6.07, 6.45) is -0.553. The highest BCUT2D eigenvalue weighted by atomic mass is 16.5. The molecular formula is C13H17N3O2. The molecule has 1 aromatic carbocycles. The third-order valence-corrected chi connectivity index (χ3v) is 2.91. The van der Waals surface area contributed by atoms with Gasteiger partial charge in [0.15, 0.2) is 5.82 Å². The van der Waals surface area contributed by atoms with Gasteiger partial charge in [-0.3, -0.25) is 0 Å². The Hall–Kier alpha value is -1.88. The number of aryl methyl sites for hydroxylation is 1. The van der Waals surface area contributed by atoms with Crippen LogP contribution in [0, 0.1) is 6.92 Å². The fraction of sp³-hybridized carbons (Fsp3) is 0.385. The third kappa shape index (κ3) is 2.51. The van der Waals surface area contributed by atoms with Gasteiger partial charge in [-0.25, -0.2) is 0 Å². The number of hydrogen-bond acceptors (Lipinski definition) is 4. The Balaban J connectivity index is 2.13. The first-order valence-corrected chi connectivity index (χ1v) is 5.84. The van der Waals surface area contributed by atoms with Crippen molar-refractivity contribution >= 4 is 0 Å². The van der Waals surface area contributed by atoms with E-state index >= 15 is 0 Å². The van der Waals surface area contributed by atoms with Crippen LogP contribution in [0.4, 0.5) is 0 Å². The van der Waals surface area contributed by atoms with Crippen LogP contribution in [-0.2, 0) is 13.7 Å². The van der Waals surface area contributed by atoms with Gasteiger partial charge >= 0.3 is 0 Å². The average molecular weight is 247 g/mol. The molecule has 1 atom stereocenters. The van der Waals surface area contributed by atoms with E-state index in [2.05, 4.69) is 10.2 Å². The van der Waals surface area contributed by atoms with Gasteiger partial charge in [0.05, 0.1) is 6.10 Å². The zero-order valence-corrected chi connectivity index (χ0v) is 10.8. The lowest BCUT2D eigenvalue weighted by molar-refractivity contribution is 0.189. The van der Waals surface area contributed by atoms with Crippen molar-refractivity contribution in [3.63, 3.8) is 0 Å². The van der Waals surface area contributed by atoms with E-state index in [1.807, 2.05) is 42.8 Å². The Morgan fingerprint density at radius 3 is 2.67 bits per heavy atom. The molecule has 0 saturated heterocycles. The van der Waals surface area contributed by atoms with Crippen molar-refractivity contribution in [1.29, 1.82) is 0 Å². The Labute approximate surface area is 106 Å². The normalized spacial score (nSPS) is 12.4. The molecule has 2 rings (SSSR count). The summed E-state index contributed by atoms with van der Waals surface area (Å²) < 4.78 is 7.58. The Bertz CT molecular complexity index is 535. The van der Waals surface area contributed by atoms with E-state index in [9.17, 15) is 5.11 Å². The monoisotopic (exact) mass is 247 g/mol. The maximum atomic E-state index is 9.65. The van der Waals surface area contributed by atoms with Gasteiger partial charge in [0, 0.05) is 12.6 Å². The van der Waals surface area contributed by atoms with Crippen LogP contribution in [-0.4, -0.2) is 19.9 Å². The van der Waals surface area contributed by atoms with Gasteiger partial charge in [0.25, 0.3) is 0 Å². The Kier molecular flexibility index (Phi) is 3.62. The van der Waals surface area contributed by atoms with E-state index in [4.69, 9.17) is 4.74 Å². The molecule has 96 valence electrons. The van der Waals surface area contributed by atoms with Crippen molar-refractivity contribution in [2.75, 3.05) is 0 Å². The van der Waals surface area contributed by atoms with Crippen LogP contribution >= 0.6 is 0 Å². The molecule has 1 heterocycles. The van der Waals surface area contributed by atoms with Gasteiger partial charge in [0.1, 0.15) is 18.2 Å². The molecular weight excluding hydrogens is 230 g/mol. The molecule has 1 N–H and O–H groups in total. The second kappa shape index (κ2) is 5.18. The molecule has 0 aliphatic heterocycles. The fourth-order valence-corrected chi connectivity index (χ4v) is 1.68. The number of aliphatic hydroxyl groups excluding tert-OH is 1. The Morgan fingerprint density at radius 2 is 2.06 bits per heavy atom. The number of ether oxygens (including phenoxy) is 1. The number of rotatable bonds is 4. The van der Waals surface area contributed by atoms with E-state index in [1.165, 1.54) is 0 Å². The molecule has 0 amide bonds. The van der Waals surface area contributed by atoms with E-state index in [1.54, 1.807) is 6.92 Å². The van der Waals surface area contributed by atoms with E-state index in [0.29, 0.717) is 12.4 Å². The lowest BCUT2D eigenvalue weighted by Crippen LogP contribution is -2.06. The summed E-state index contributed by atoms with van der Waals surface area (Å²) in [5.41, 5.74) is 0.774. The van der Waals surface area contributed by atoms with Crippen LogP contribution in [0.5, 0.6) is 5.75 Å². The number of nitrogens with zero attached hydrogens (tertiary/aromatic N) is 3. The second-order valence-electron chi connectivity index (χ2n) is 4.22. The van der Waals surface area contributed by atoms with Gasteiger partial charge in [-0.05, 0) is 19.9 Å². The minimum absolute atomic E-state index is 0.334. The van der Waals surface area contributed by atoms with Crippen molar-refractivity contribution in [3.05, 3.63) is 41.5 Å². The topological polar surface area (TPSA) is 60.2 Å². The summed E-state index contributed by atoms with van der Waals surface area (Å²) in [6.45, 7) is 3.94. The first-order chi connectivity index (χ1) is 8.59. The zero-order chi connectivity index (χ0) is 13.1. The molecule has 0 radical (unpaired) electrons. The van der Waals surface area contributed by atoms with Crippen molar-refractivity contribution in [2.45, 2.75) is 26.6 Å². The van der Waals surface area contributed by atoms with Crippen LogP contribution in [0.3, 0.4) is 0 Å². The van der Waals surface area contributed by atoms with Crippen LogP contribution in [0.15, 0.2) is 24.3 Å².